The van der Waals surface area contributed by atoms with E-state index < -0.39 is 36.9 Å². The van der Waals surface area contributed by atoms with Crippen molar-refractivity contribution in [2.75, 3.05) is 6.61 Å². The third kappa shape index (κ3) is 5.17. The first-order valence-corrected chi connectivity index (χ1v) is 10.1. The van der Waals surface area contributed by atoms with Crippen LogP contribution in [0.5, 0.6) is 0 Å². The number of hydrogen-bond donors (Lipinski definition) is 5. The number of hydrogen-bond acceptors (Lipinski definition) is 5. The van der Waals surface area contributed by atoms with E-state index in [2.05, 4.69) is 31.9 Å². The Morgan fingerprint density at radius 2 is 1.19 bits per heavy atom. The minimum atomic E-state index is -1.69. The molecule has 2 aromatic rings. The minimum Gasteiger partial charge on any atom is -0.394 e. The molecule has 0 radical (unpaired) electrons. The molecule has 0 amide bonds. The van der Waals surface area contributed by atoms with Crippen LogP contribution in [0.4, 0.5) is 0 Å². The van der Waals surface area contributed by atoms with Crippen molar-refractivity contribution in [3.63, 3.8) is 0 Å². The topological polar surface area (TPSA) is 101 Å². The number of aryl methyl sites for hydroxylation is 2. The highest BCUT2D eigenvalue weighted by Crippen LogP contribution is 2.37. The lowest BCUT2D eigenvalue weighted by molar-refractivity contribution is -0.117. The van der Waals surface area contributed by atoms with Gasteiger partial charge in [-0.2, -0.15) is 0 Å². The third-order valence-electron chi connectivity index (χ3n) is 4.78. The van der Waals surface area contributed by atoms with Crippen LogP contribution in [0.2, 0.25) is 0 Å². The van der Waals surface area contributed by atoms with Crippen LogP contribution in [0.25, 0.3) is 0 Å². The molecule has 0 aliphatic carbocycles. The average molecular weight is 504 g/mol. The predicted octanol–water partition coefficient (Wildman–Crippen LogP) is 2.40. The van der Waals surface area contributed by atoms with E-state index in [-0.39, 0.29) is 0 Å². The maximum Gasteiger partial charge on any atom is 0.111 e. The molecule has 0 spiro atoms. The zero-order chi connectivity index (χ0) is 20.3. The van der Waals surface area contributed by atoms with Gasteiger partial charge in [0.25, 0.3) is 0 Å². The Kier molecular flexibility index (Phi) is 8.00. The first-order valence-electron chi connectivity index (χ1n) is 8.52. The van der Waals surface area contributed by atoms with Gasteiger partial charge in [0.05, 0.1) is 12.7 Å². The van der Waals surface area contributed by atoms with Gasteiger partial charge in [0.1, 0.15) is 18.3 Å². The summed E-state index contributed by atoms with van der Waals surface area (Å²) in [5.74, 6) is -0.657. The summed E-state index contributed by atoms with van der Waals surface area (Å²) in [5, 5.41) is 50.3. The van der Waals surface area contributed by atoms with Crippen molar-refractivity contribution in [1.29, 1.82) is 0 Å². The minimum absolute atomic E-state index is 0.657. The van der Waals surface area contributed by atoms with Gasteiger partial charge in [-0.1, -0.05) is 44.0 Å². The molecule has 0 heterocycles. The van der Waals surface area contributed by atoms with Gasteiger partial charge in [-0.05, 0) is 60.4 Å². The van der Waals surface area contributed by atoms with Crippen LogP contribution in [-0.4, -0.2) is 56.6 Å². The van der Waals surface area contributed by atoms with Gasteiger partial charge in [0.2, 0.25) is 0 Å². The monoisotopic (exact) mass is 502 g/mol. The first kappa shape index (κ1) is 22.5. The van der Waals surface area contributed by atoms with Crippen LogP contribution >= 0.6 is 31.9 Å². The van der Waals surface area contributed by atoms with E-state index in [0.29, 0.717) is 0 Å². The molecule has 0 aliphatic heterocycles. The number of aliphatic hydroxyl groups excluding tert-OH is 5. The van der Waals surface area contributed by atoms with Crippen molar-refractivity contribution in [2.45, 2.75) is 44.2 Å². The second-order valence-electron chi connectivity index (χ2n) is 6.70. The van der Waals surface area contributed by atoms with Crippen molar-refractivity contribution >= 4 is 31.9 Å². The number of halogens is 2. The van der Waals surface area contributed by atoms with Gasteiger partial charge in [-0.25, -0.2) is 0 Å². The number of benzene rings is 2. The molecule has 0 saturated carbocycles. The fourth-order valence-corrected chi connectivity index (χ4v) is 3.92. The number of rotatable bonds is 7. The second kappa shape index (κ2) is 9.60. The Morgan fingerprint density at radius 3 is 1.59 bits per heavy atom. The van der Waals surface area contributed by atoms with Crippen LogP contribution in [0, 0.1) is 13.8 Å². The van der Waals surface area contributed by atoms with Crippen LogP contribution in [0.15, 0.2) is 45.3 Å². The summed E-state index contributed by atoms with van der Waals surface area (Å²) in [5.41, 5.74) is 3.38. The molecule has 0 saturated heterocycles. The van der Waals surface area contributed by atoms with E-state index in [1.54, 1.807) is 0 Å². The summed E-state index contributed by atoms with van der Waals surface area (Å²) in [4.78, 5) is 0. The largest absolute Gasteiger partial charge is 0.394 e. The second-order valence-corrected chi connectivity index (χ2v) is 8.53. The fourth-order valence-electron chi connectivity index (χ4n) is 3.16. The summed E-state index contributed by atoms with van der Waals surface area (Å²) in [6, 6.07) is 11.3. The zero-order valence-electron chi connectivity index (χ0n) is 15.0. The molecule has 5 nitrogen and oxygen atoms in total. The summed E-state index contributed by atoms with van der Waals surface area (Å²) in [7, 11) is 0. The van der Waals surface area contributed by atoms with Crippen molar-refractivity contribution in [2.24, 2.45) is 0 Å². The van der Waals surface area contributed by atoms with Crippen LogP contribution < -0.4 is 0 Å². The highest BCUT2D eigenvalue weighted by Gasteiger charge is 2.37. The van der Waals surface area contributed by atoms with Crippen LogP contribution in [0.3, 0.4) is 0 Å². The Balaban J connectivity index is 2.59. The third-order valence-corrected chi connectivity index (χ3v) is 5.76. The first-order chi connectivity index (χ1) is 12.7. The lowest BCUT2D eigenvalue weighted by Crippen LogP contribution is -2.48. The maximum atomic E-state index is 11.0. The molecule has 5 N–H and O–H groups in total. The van der Waals surface area contributed by atoms with Crippen LogP contribution in [0.1, 0.15) is 28.2 Å². The zero-order valence-corrected chi connectivity index (χ0v) is 18.2. The molecule has 4 atom stereocenters. The molecule has 0 unspecified atom stereocenters. The maximum absolute atomic E-state index is 11.0. The van der Waals surface area contributed by atoms with E-state index >= 15 is 0 Å². The molecular formula is C20H24Br2O5. The smallest absolute Gasteiger partial charge is 0.111 e. The highest BCUT2D eigenvalue weighted by atomic mass is 79.9. The molecule has 0 bridgehead atoms. The SMILES string of the molecule is Cc1ccc(Br)cc1C(c1cc(Br)ccc1C)[C@@H](O)[C@@H](O)[C@H](O)[C@H](O)CO. The standard InChI is InChI=1S/C20H24Br2O5/c1-10-3-5-12(21)7-14(10)17(15-8-13(22)6-4-11(15)2)19(26)20(27)18(25)16(24)9-23/h3-8,16-20,23-27H,9H2,1-2H3/t16-,18-,19-,20+/m1/s1. The van der Waals surface area contributed by atoms with Gasteiger partial charge in [0, 0.05) is 14.9 Å². The van der Waals surface area contributed by atoms with Gasteiger partial charge in [0.15, 0.2) is 0 Å². The molecule has 148 valence electrons. The summed E-state index contributed by atoms with van der Waals surface area (Å²) in [6.07, 6.45) is -6.31. The molecule has 2 rings (SSSR count). The van der Waals surface area contributed by atoms with Crippen molar-refractivity contribution < 1.29 is 25.5 Å². The van der Waals surface area contributed by atoms with E-state index in [1.807, 2.05) is 50.2 Å². The molecule has 0 fully saturated rings. The van der Waals surface area contributed by atoms with E-state index in [1.165, 1.54) is 0 Å². The molecule has 0 aliphatic rings. The Morgan fingerprint density at radius 1 is 0.741 bits per heavy atom. The quantitative estimate of drug-likeness (QED) is 0.399. The lowest BCUT2D eigenvalue weighted by atomic mass is 9.79. The van der Waals surface area contributed by atoms with Crippen molar-refractivity contribution in [3.8, 4) is 0 Å². The Hall–Kier alpha value is -0.800. The highest BCUT2D eigenvalue weighted by molar-refractivity contribution is 9.10. The lowest BCUT2D eigenvalue weighted by Gasteiger charge is -2.33. The summed E-state index contributed by atoms with van der Waals surface area (Å²) in [6.45, 7) is 3.09. The predicted molar refractivity (Wildman–Crippen MR) is 111 cm³/mol. The number of aliphatic hydroxyl groups is 5. The van der Waals surface area contributed by atoms with E-state index in [0.717, 1.165) is 31.2 Å². The van der Waals surface area contributed by atoms with Crippen LogP contribution in [-0.2, 0) is 0 Å². The van der Waals surface area contributed by atoms with Gasteiger partial charge >= 0.3 is 0 Å². The van der Waals surface area contributed by atoms with Crippen molar-refractivity contribution in [3.05, 3.63) is 67.6 Å². The molecule has 7 heteroatoms. The Labute approximate surface area is 175 Å². The van der Waals surface area contributed by atoms with Gasteiger partial charge < -0.3 is 25.5 Å². The molecule has 0 aromatic heterocycles. The van der Waals surface area contributed by atoms with Gasteiger partial charge in [-0.15, -0.1) is 0 Å². The van der Waals surface area contributed by atoms with Crippen molar-refractivity contribution in [1.82, 2.24) is 0 Å². The van der Waals surface area contributed by atoms with E-state index in [9.17, 15) is 20.4 Å². The van der Waals surface area contributed by atoms with Gasteiger partial charge in [-0.3, -0.25) is 0 Å². The summed E-state index contributed by atoms with van der Waals surface area (Å²) >= 11 is 6.89. The molecular weight excluding hydrogens is 480 g/mol. The Bertz CT molecular complexity index is 731. The molecule has 2 aromatic carbocycles. The van der Waals surface area contributed by atoms with E-state index in [4.69, 9.17) is 5.11 Å². The summed E-state index contributed by atoms with van der Waals surface area (Å²) < 4.78 is 1.64. The molecule has 27 heavy (non-hydrogen) atoms. The fraction of sp³-hybridized carbons (Fsp3) is 0.400. The average Bonchev–Trinajstić information content (AvgIpc) is 2.65. The normalized spacial score (nSPS) is 16.2.